The van der Waals surface area contributed by atoms with Crippen LogP contribution >= 0.6 is 33.3 Å². The zero-order valence-electron chi connectivity index (χ0n) is 21.1. The fourth-order valence-electron chi connectivity index (χ4n) is 2.93. The van der Waals surface area contributed by atoms with Gasteiger partial charge < -0.3 is 24.6 Å². The predicted molar refractivity (Wildman–Crippen MR) is 146 cm³/mol. The number of amides is 1. The van der Waals surface area contributed by atoms with Gasteiger partial charge in [-0.2, -0.15) is 11.8 Å². The van der Waals surface area contributed by atoms with Crippen LogP contribution in [-0.4, -0.2) is 77.7 Å². The van der Waals surface area contributed by atoms with Gasteiger partial charge in [-0.05, 0) is 44.3 Å². The molecule has 0 heterocycles. The van der Waals surface area contributed by atoms with Gasteiger partial charge in [-0.3, -0.25) is 10.5 Å². The maximum Gasteiger partial charge on any atom is 0.511 e. The lowest BCUT2D eigenvalue weighted by Gasteiger charge is -2.24. The van der Waals surface area contributed by atoms with Crippen LogP contribution in [0.1, 0.15) is 32.8 Å². The van der Waals surface area contributed by atoms with Crippen molar-refractivity contribution in [3.63, 3.8) is 0 Å². The molecule has 0 aliphatic rings. The molecule has 1 rings (SSSR count). The van der Waals surface area contributed by atoms with Gasteiger partial charge in [0.2, 0.25) is 12.2 Å². The molecule has 0 saturated carbocycles. The van der Waals surface area contributed by atoms with Gasteiger partial charge in [-0.1, -0.05) is 51.9 Å². The molecule has 0 saturated heterocycles. The van der Waals surface area contributed by atoms with Crippen molar-refractivity contribution in [3.8, 4) is 0 Å². The molecule has 1 radical (unpaired) electrons. The summed E-state index contributed by atoms with van der Waals surface area (Å²) in [6.45, 7) is 4.41. The smallest absolute Gasteiger partial charge is 0.435 e. The fraction of sp³-hybridized carbons (Fsp3) is 0.625. The maximum absolute atomic E-state index is 13.2. The summed E-state index contributed by atoms with van der Waals surface area (Å²) in [5.41, 5.74) is 9.06. The topological polar surface area (TPSA) is 135 Å². The molecule has 12 heteroatoms. The third-order valence-electron chi connectivity index (χ3n) is 4.83. The largest absolute Gasteiger partial charge is 0.511 e. The van der Waals surface area contributed by atoms with Gasteiger partial charge in [0.25, 0.3) is 0 Å². The molecule has 5 atom stereocenters. The molecule has 203 valence electrons. The lowest BCUT2D eigenvalue weighted by atomic mass is 9.99. The van der Waals surface area contributed by atoms with Crippen molar-refractivity contribution >= 4 is 51.4 Å². The summed E-state index contributed by atoms with van der Waals surface area (Å²) in [4.78, 5) is 37.2. The molecular formula is C24H37N2O7S3. The summed E-state index contributed by atoms with van der Waals surface area (Å²) < 4.78 is 14.5. The minimum atomic E-state index is -1.34. The number of ether oxygens (including phenoxy) is 3. The Bertz CT molecular complexity index is 786. The van der Waals surface area contributed by atoms with Gasteiger partial charge in [0.1, 0.15) is 0 Å². The van der Waals surface area contributed by atoms with Crippen LogP contribution in [-0.2, 0) is 30.2 Å². The summed E-state index contributed by atoms with van der Waals surface area (Å²) in [7, 11) is 3.07. The minimum Gasteiger partial charge on any atom is -0.435 e. The van der Waals surface area contributed by atoms with Crippen LogP contribution in [0.3, 0.4) is 0 Å². The van der Waals surface area contributed by atoms with Crippen molar-refractivity contribution in [2.24, 2.45) is 5.92 Å². The monoisotopic (exact) mass is 561 g/mol. The number of aliphatic hydroxyl groups excluding tert-OH is 1. The van der Waals surface area contributed by atoms with Crippen molar-refractivity contribution < 1.29 is 33.7 Å². The Morgan fingerprint density at radius 1 is 1.08 bits per heavy atom. The summed E-state index contributed by atoms with van der Waals surface area (Å²) in [5, 5.41) is 12.7. The second kappa shape index (κ2) is 18.6. The standard InChI is InChI=1S/C24H37N2O7S3/c1-5-31-24(30)33-17(3)32-23(29)21(16(2)27)26-22(28)19(13-18-9-7-6-8-10-18)14-35-36-15-20(25)11-12-34-4/h6-10,16-17,19-21,25,27H,5,11-15H2,1-4H3,(H,26,28). The Labute approximate surface area is 225 Å². The van der Waals surface area contributed by atoms with Crippen molar-refractivity contribution in [3.05, 3.63) is 35.9 Å². The van der Waals surface area contributed by atoms with Gasteiger partial charge in [-0.25, -0.2) is 9.59 Å². The average molecular weight is 562 g/mol. The number of esters is 1. The Kier molecular flexibility index (Phi) is 16.8. The molecule has 0 bridgehead atoms. The molecule has 9 nitrogen and oxygen atoms in total. The van der Waals surface area contributed by atoms with Crippen molar-refractivity contribution in [2.45, 2.75) is 58.1 Å². The maximum atomic E-state index is 13.2. The average Bonchev–Trinajstić information content (AvgIpc) is 2.83. The molecule has 1 aromatic carbocycles. The van der Waals surface area contributed by atoms with Crippen LogP contribution in [0.15, 0.2) is 30.3 Å². The van der Waals surface area contributed by atoms with E-state index in [-0.39, 0.29) is 12.6 Å². The number of aliphatic hydroxyl groups is 1. The van der Waals surface area contributed by atoms with Crippen LogP contribution < -0.4 is 11.1 Å². The van der Waals surface area contributed by atoms with Gasteiger partial charge in [0, 0.05) is 24.5 Å². The number of hydrogen-bond donors (Lipinski definition) is 2. The highest BCUT2D eigenvalue weighted by Crippen LogP contribution is 2.27. The number of carbonyl (C=O) groups is 3. The van der Waals surface area contributed by atoms with E-state index in [4.69, 9.17) is 15.2 Å². The molecule has 1 amide bonds. The predicted octanol–water partition coefficient (Wildman–Crippen LogP) is 3.56. The molecule has 0 spiro atoms. The van der Waals surface area contributed by atoms with Crippen LogP contribution in [0.2, 0.25) is 0 Å². The first-order valence-corrected chi connectivity index (χ1v) is 15.6. The van der Waals surface area contributed by atoms with Gasteiger partial charge >= 0.3 is 12.1 Å². The highest BCUT2D eigenvalue weighted by Gasteiger charge is 2.32. The summed E-state index contributed by atoms with van der Waals surface area (Å²) >= 11 is 1.72. The van der Waals surface area contributed by atoms with Crippen molar-refractivity contribution in [1.82, 2.24) is 11.1 Å². The van der Waals surface area contributed by atoms with Crippen LogP contribution in [0.25, 0.3) is 0 Å². The molecule has 5 unspecified atom stereocenters. The van der Waals surface area contributed by atoms with E-state index in [9.17, 15) is 19.5 Å². The van der Waals surface area contributed by atoms with Gasteiger partial charge in [0.15, 0.2) is 6.04 Å². The minimum absolute atomic E-state index is 0.102. The van der Waals surface area contributed by atoms with Gasteiger partial charge in [-0.15, -0.1) is 0 Å². The SMILES string of the molecule is CCOC(=O)OC(C)OC(=O)C(NC(=O)C(CSSCC([NH])CCSC)Cc1ccccc1)C(C)O. The lowest BCUT2D eigenvalue weighted by Crippen LogP contribution is -2.51. The molecule has 0 aliphatic heterocycles. The number of benzene rings is 1. The number of nitrogens with one attached hydrogen (secondary N) is 2. The zero-order chi connectivity index (χ0) is 26.9. The Morgan fingerprint density at radius 3 is 2.36 bits per heavy atom. The molecular weight excluding hydrogens is 524 g/mol. The summed E-state index contributed by atoms with van der Waals surface area (Å²) in [6.07, 6.45) is -0.204. The Hall–Kier alpha value is -1.60. The van der Waals surface area contributed by atoms with E-state index in [2.05, 4.69) is 10.1 Å². The van der Waals surface area contributed by atoms with E-state index < -0.39 is 42.4 Å². The summed E-state index contributed by atoms with van der Waals surface area (Å²) in [6, 6.07) is 8.03. The quantitative estimate of drug-likeness (QED) is 0.126. The molecule has 1 aromatic rings. The third kappa shape index (κ3) is 13.6. The number of hydrogen-bond acceptors (Lipinski definition) is 10. The number of thioether (sulfide) groups is 1. The fourth-order valence-corrected chi connectivity index (χ4v) is 5.97. The normalized spacial score (nSPS) is 15.2. The van der Waals surface area contributed by atoms with Crippen LogP contribution in [0.5, 0.6) is 0 Å². The highest BCUT2D eigenvalue weighted by molar-refractivity contribution is 8.76. The number of rotatable bonds is 17. The van der Waals surface area contributed by atoms with E-state index in [0.717, 1.165) is 17.7 Å². The Balaban J connectivity index is 2.78. The molecule has 0 fully saturated rings. The first-order chi connectivity index (χ1) is 17.2. The van der Waals surface area contributed by atoms with E-state index in [0.29, 0.717) is 17.9 Å². The number of carbonyl (C=O) groups excluding carboxylic acids is 3. The second-order valence-corrected chi connectivity index (χ2v) is 11.5. The van der Waals surface area contributed by atoms with Crippen molar-refractivity contribution in [1.29, 1.82) is 0 Å². The highest BCUT2D eigenvalue weighted by atomic mass is 33.1. The first-order valence-electron chi connectivity index (χ1n) is 11.7. The van der Waals surface area contributed by atoms with E-state index >= 15 is 0 Å². The molecule has 0 aliphatic carbocycles. The van der Waals surface area contributed by atoms with Crippen molar-refractivity contribution in [2.75, 3.05) is 30.1 Å². The zero-order valence-corrected chi connectivity index (χ0v) is 23.6. The Morgan fingerprint density at radius 2 is 1.75 bits per heavy atom. The van der Waals surface area contributed by atoms with E-state index in [1.807, 2.05) is 36.6 Å². The summed E-state index contributed by atoms with van der Waals surface area (Å²) in [5.74, 6) is 0.248. The molecule has 36 heavy (non-hydrogen) atoms. The second-order valence-electron chi connectivity index (χ2n) is 7.97. The van der Waals surface area contributed by atoms with Crippen LogP contribution in [0.4, 0.5) is 4.79 Å². The molecule has 0 aromatic heterocycles. The molecule has 3 N–H and O–H groups in total. The van der Waals surface area contributed by atoms with E-state index in [1.54, 1.807) is 29.5 Å². The lowest BCUT2D eigenvalue weighted by molar-refractivity contribution is -0.173. The van der Waals surface area contributed by atoms with Crippen LogP contribution in [0, 0.1) is 5.92 Å². The first kappa shape index (κ1) is 32.4. The van der Waals surface area contributed by atoms with E-state index in [1.165, 1.54) is 24.6 Å². The third-order valence-corrected chi connectivity index (χ3v) is 8.03. The van der Waals surface area contributed by atoms with Gasteiger partial charge in [0.05, 0.1) is 18.6 Å².